The first-order chi connectivity index (χ1) is 8.30. The highest BCUT2D eigenvalue weighted by Crippen LogP contribution is 2.38. The van der Waals surface area contributed by atoms with Gasteiger partial charge in [-0.2, -0.15) is 0 Å². The third-order valence-corrected chi connectivity index (χ3v) is 4.14. The fourth-order valence-electron chi connectivity index (χ4n) is 3.03. The number of hydrogen-bond donors (Lipinski definition) is 2. The van der Waals surface area contributed by atoms with Crippen molar-refractivity contribution in [2.45, 2.75) is 43.9 Å². The van der Waals surface area contributed by atoms with Crippen molar-refractivity contribution in [2.24, 2.45) is 5.73 Å². The van der Waals surface area contributed by atoms with Gasteiger partial charge < -0.3 is 10.8 Å². The second-order valence-corrected chi connectivity index (χ2v) is 5.22. The summed E-state index contributed by atoms with van der Waals surface area (Å²) in [6.07, 6.45) is 7.10. The lowest BCUT2D eigenvalue weighted by molar-refractivity contribution is 0.296. The summed E-state index contributed by atoms with van der Waals surface area (Å²) >= 11 is 0. The third-order valence-electron chi connectivity index (χ3n) is 4.14. The molecular weight excluding hydrogens is 210 g/mol. The van der Waals surface area contributed by atoms with Gasteiger partial charge in [-0.15, -0.1) is 0 Å². The molecule has 0 amide bonds. The fourth-order valence-corrected chi connectivity index (χ4v) is 3.03. The van der Waals surface area contributed by atoms with Crippen LogP contribution in [0, 0.1) is 0 Å². The molecular formula is C15H23NO. The van der Waals surface area contributed by atoms with Crippen LogP contribution >= 0.6 is 0 Å². The lowest BCUT2D eigenvalue weighted by atomic mass is 9.69. The molecule has 0 heterocycles. The average Bonchev–Trinajstić information content (AvgIpc) is 2.40. The number of benzene rings is 1. The van der Waals surface area contributed by atoms with Crippen molar-refractivity contribution in [1.29, 1.82) is 0 Å². The van der Waals surface area contributed by atoms with Crippen molar-refractivity contribution < 1.29 is 5.11 Å². The Morgan fingerprint density at radius 1 is 1.18 bits per heavy atom. The van der Waals surface area contributed by atoms with Crippen molar-refractivity contribution >= 4 is 0 Å². The Balaban J connectivity index is 2.26. The van der Waals surface area contributed by atoms with Crippen molar-refractivity contribution in [1.82, 2.24) is 0 Å². The highest BCUT2D eigenvalue weighted by molar-refractivity contribution is 5.31. The van der Waals surface area contributed by atoms with E-state index in [9.17, 15) is 0 Å². The van der Waals surface area contributed by atoms with Crippen LogP contribution in [0.2, 0.25) is 0 Å². The van der Waals surface area contributed by atoms with Gasteiger partial charge in [-0.25, -0.2) is 0 Å². The summed E-state index contributed by atoms with van der Waals surface area (Å²) < 4.78 is 0. The van der Waals surface area contributed by atoms with Crippen molar-refractivity contribution in [3.05, 3.63) is 35.4 Å². The highest BCUT2D eigenvalue weighted by atomic mass is 16.2. The second-order valence-electron chi connectivity index (χ2n) is 5.22. The molecule has 0 radical (unpaired) electrons. The van der Waals surface area contributed by atoms with Gasteiger partial charge in [-0.1, -0.05) is 43.5 Å². The van der Waals surface area contributed by atoms with Crippen molar-refractivity contribution in [3.8, 4) is 0 Å². The van der Waals surface area contributed by atoms with Crippen molar-refractivity contribution in [3.63, 3.8) is 0 Å². The maximum Gasteiger partial charge on any atom is 0.0471 e. The molecule has 1 aliphatic carbocycles. The quantitative estimate of drug-likeness (QED) is 0.838. The second kappa shape index (κ2) is 5.65. The Morgan fingerprint density at radius 2 is 1.94 bits per heavy atom. The molecule has 0 saturated heterocycles. The van der Waals surface area contributed by atoms with Gasteiger partial charge in [-0.3, -0.25) is 0 Å². The minimum atomic E-state index is 0.198. The lowest BCUT2D eigenvalue weighted by Crippen LogP contribution is -2.37. The van der Waals surface area contributed by atoms with Gasteiger partial charge in [-0.05, 0) is 30.4 Å². The molecule has 1 aromatic rings. The summed E-state index contributed by atoms with van der Waals surface area (Å²) in [5.74, 6) is 0. The Morgan fingerprint density at radius 3 is 2.59 bits per heavy atom. The van der Waals surface area contributed by atoms with Crippen LogP contribution in [0.3, 0.4) is 0 Å². The van der Waals surface area contributed by atoms with Crippen LogP contribution in [0.15, 0.2) is 24.3 Å². The largest absolute Gasteiger partial charge is 0.396 e. The summed E-state index contributed by atoms with van der Waals surface area (Å²) in [4.78, 5) is 0. The van der Waals surface area contributed by atoms with E-state index < -0.39 is 0 Å². The molecule has 1 aliphatic rings. The smallest absolute Gasteiger partial charge is 0.0471 e. The Hall–Kier alpha value is -0.860. The number of aliphatic hydroxyl groups is 1. The van der Waals surface area contributed by atoms with E-state index in [0.29, 0.717) is 0 Å². The van der Waals surface area contributed by atoms with Gasteiger partial charge in [0.05, 0.1) is 0 Å². The molecule has 0 unspecified atom stereocenters. The van der Waals surface area contributed by atoms with Gasteiger partial charge in [0.1, 0.15) is 0 Å². The maximum atomic E-state index is 9.02. The van der Waals surface area contributed by atoms with E-state index >= 15 is 0 Å². The molecule has 2 heteroatoms. The predicted molar refractivity (Wildman–Crippen MR) is 71.0 cm³/mol. The van der Waals surface area contributed by atoms with Gasteiger partial charge in [0.2, 0.25) is 0 Å². The molecule has 0 atom stereocenters. The number of rotatable bonds is 4. The van der Waals surface area contributed by atoms with Gasteiger partial charge in [0.25, 0.3) is 0 Å². The summed E-state index contributed by atoms with van der Waals surface area (Å²) in [5, 5.41) is 9.02. The molecule has 0 bridgehead atoms. The average molecular weight is 233 g/mol. The first kappa shape index (κ1) is 12.6. The molecule has 0 aromatic heterocycles. The zero-order chi connectivity index (χ0) is 12.1. The third kappa shape index (κ3) is 2.70. The first-order valence-corrected chi connectivity index (χ1v) is 6.71. The predicted octanol–water partition coefficient (Wildman–Crippen LogP) is 2.38. The van der Waals surface area contributed by atoms with Crippen LogP contribution in [-0.4, -0.2) is 18.3 Å². The minimum absolute atomic E-state index is 0.198. The van der Waals surface area contributed by atoms with Gasteiger partial charge >= 0.3 is 0 Å². The van der Waals surface area contributed by atoms with Crippen LogP contribution < -0.4 is 5.73 Å². The number of hydrogen-bond acceptors (Lipinski definition) is 2. The topological polar surface area (TPSA) is 46.2 Å². The van der Waals surface area contributed by atoms with Crippen LogP contribution in [0.25, 0.3) is 0 Å². The van der Waals surface area contributed by atoms with E-state index in [1.165, 1.54) is 43.2 Å². The summed E-state index contributed by atoms with van der Waals surface area (Å²) in [7, 11) is 0. The molecule has 0 aliphatic heterocycles. The molecule has 2 nitrogen and oxygen atoms in total. The maximum absolute atomic E-state index is 9.02. The summed E-state index contributed by atoms with van der Waals surface area (Å²) in [5.41, 5.74) is 8.85. The van der Waals surface area contributed by atoms with Gasteiger partial charge in [0, 0.05) is 18.6 Å². The highest BCUT2D eigenvalue weighted by Gasteiger charge is 2.32. The molecule has 2 rings (SSSR count). The Kier molecular flexibility index (Phi) is 4.19. The van der Waals surface area contributed by atoms with E-state index in [1.54, 1.807) is 0 Å². The zero-order valence-electron chi connectivity index (χ0n) is 10.5. The molecule has 1 fully saturated rings. The molecule has 3 N–H and O–H groups in total. The van der Waals surface area contributed by atoms with Gasteiger partial charge in [0.15, 0.2) is 0 Å². The SMILES string of the molecule is NCC1(c2cccc(CCO)c2)CCCCC1. The van der Waals surface area contributed by atoms with Crippen LogP contribution in [0.1, 0.15) is 43.2 Å². The Labute approximate surface area is 104 Å². The van der Waals surface area contributed by atoms with E-state index in [-0.39, 0.29) is 12.0 Å². The molecule has 1 saturated carbocycles. The van der Waals surface area contributed by atoms with Crippen LogP contribution in [0.5, 0.6) is 0 Å². The number of nitrogens with two attached hydrogens (primary N) is 1. The minimum Gasteiger partial charge on any atom is -0.396 e. The summed E-state index contributed by atoms with van der Waals surface area (Å²) in [6.45, 7) is 0.967. The van der Waals surface area contributed by atoms with Crippen LogP contribution in [0.4, 0.5) is 0 Å². The normalized spacial score (nSPS) is 19.2. The molecule has 17 heavy (non-hydrogen) atoms. The van der Waals surface area contributed by atoms with E-state index in [1.807, 2.05) is 0 Å². The lowest BCUT2D eigenvalue weighted by Gasteiger charge is -2.37. The standard InChI is InChI=1S/C15H23NO/c16-12-15(8-2-1-3-9-15)14-6-4-5-13(11-14)7-10-17/h4-6,11,17H,1-3,7-10,12,16H2. The van der Waals surface area contributed by atoms with Crippen molar-refractivity contribution in [2.75, 3.05) is 13.2 Å². The number of aliphatic hydroxyl groups excluding tert-OH is 1. The molecule has 94 valence electrons. The molecule has 1 aromatic carbocycles. The fraction of sp³-hybridized carbons (Fsp3) is 0.600. The monoisotopic (exact) mass is 233 g/mol. The molecule has 0 spiro atoms. The van der Waals surface area contributed by atoms with E-state index in [0.717, 1.165) is 13.0 Å². The zero-order valence-corrected chi connectivity index (χ0v) is 10.5. The Bertz CT molecular complexity index is 356. The van der Waals surface area contributed by atoms with E-state index in [2.05, 4.69) is 24.3 Å². The first-order valence-electron chi connectivity index (χ1n) is 6.71. The van der Waals surface area contributed by atoms with Crippen LogP contribution in [-0.2, 0) is 11.8 Å². The summed E-state index contributed by atoms with van der Waals surface area (Å²) in [6, 6.07) is 8.65. The van der Waals surface area contributed by atoms with E-state index in [4.69, 9.17) is 10.8 Å².